The third kappa shape index (κ3) is 4.98. The van der Waals surface area contributed by atoms with Crippen LogP contribution in [-0.4, -0.2) is 16.0 Å². The molecule has 0 saturated carbocycles. The van der Waals surface area contributed by atoms with Crippen molar-refractivity contribution in [3.8, 4) is 11.5 Å². The molecule has 0 fully saturated rings. The number of amides is 1. The maximum absolute atomic E-state index is 12.4. The molecule has 3 aromatic carbocycles. The van der Waals surface area contributed by atoms with Gasteiger partial charge in [0, 0.05) is 21.8 Å². The van der Waals surface area contributed by atoms with Crippen LogP contribution >= 0.6 is 23.8 Å². The predicted octanol–water partition coefficient (Wildman–Crippen LogP) is 6.79. The monoisotopic (exact) mass is 463 g/mol. The molecule has 7 heteroatoms. The molecule has 1 heterocycles. The molecule has 1 atom stereocenters. The molecule has 0 aliphatic heterocycles. The Morgan fingerprint density at radius 2 is 1.94 bits per heavy atom. The normalized spacial score (nSPS) is 11.8. The molecule has 1 aromatic heterocycles. The number of rotatable bonds is 5. The first-order chi connectivity index (χ1) is 15.4. The number of anilines is 1. The standard InChI is InChI=1S/C25H22ClN3O2S/c1-3-15(2)16-10-11-22-21(14-16)28-24(31-22)18-7-5-9-20(13-18)27-25(32)29-23(30)17-6-4-8-19(26)12-17/h4-15H,3H2,1-2H3,(H2,27,29,30,32)/t15-/m1/s1. The van der Waals surface area contributed by atoms with Crippen LogP contribution < -0.4 is 10.6 Å². The highest BCUT2D eigenvalue weighted by atomic mass is 35.5. The van der Waals surface area contributed by atoms with Crippen molar-refractivity contribution in [3.05, 3.63) is 82.9 Å². The first kappa shape index (κ1) is 22.0. The Kier molecular flexibility index (Phi) is 6.53. The van der Waals surface area contributed by atoms with E-state index in [2.05, 4.69) is 41.6 Å². The summed E-state index contributed by atoms with van der Waals surface area (Å²) in [6.07, 6.45) is 1.07. The average molecular weight is 464 g/mol. The van der Waals surface area contributed by atoms with Crippen molar-refractivity contribution in [1.29, 1.82) is 0 Å². The summed E-state index contributed by atoms with van der Waals surface area (Å²) >= 11 is 11.2. The van der Waals surface area contributed by atoms with E-state index in [-0.39, 0.29) is 11.0 Å². The van der Waals surface area contributed by atoms with Crippen molar-refractivity contribution in [2.24, 2.45) is 0 Å². The van der Waals surface area contributed by atoms with Gasteiger partial charge in [0.1, 0.15) is 5.52 Å². The summed E-state index contributed by atoms with van der Waals surface area (Å²) in [6, 6.07) is 20.3. The van der Waals surface area contributed by atoms with Gasteiger partial charge in [0.05, 0.1) is 0 Å². The summed E-state index contributed by atoms with van der Waals surface area (Å²) in [7, 11) is 0. The van der Waals surface area contributed by atoms with E-state index < -0.39 is 0 Å². The van der Waals surface area contributed by atoms with Crippen LogP contribution in [0.25, 0.3) is 22.6 Å². The molecule has 4 aromatic rings. The van der Waals surface area contributed by atoms with E-state index in [1.54, 1.807) is 24.3 Å². The zero-order valence-electron chi connectivity index (χ0n) is 17.7. The van der Waals surface area contributed by atoms with Crippen LogP contribution in [0.3, 0.4) is 0 Å². The summed E-state index contributed by atoms with van der Waals surface area (Å²) in [4.78, 5) is 17.0. The summed E-state index contributed by atoms with van der Waals surface area (Å²) in [5, 5.41) is 6.36. The van der Waals surface area contributed by atoms with Gasteiger partial charge >= 0.3 is 0 Å². The van der Waals surface area contributed by atoms with E-state index in [1.807, 2.05) is 30.3 Å². The van der Waals surface area contributed by atoms with Crippen LogP contribution in [0.2, 0.25) is 5.02 Å². The predicted molar refractivity (Wildman–Crippen MR) is 133 cm³/mol. The summed E-state index contributed by atoms with van der Waals surface area (Å²) in [6.45, 7) is 4.37. The van der Waals surface area contributed by atoms with Crippen molar-refractivity contribution >= 4 is 51.6 Å². The van der Waals surface area contributed by atoms with Gasteiger partial charge in [-0.25, -0.2) is 4.98 Å². The Labute approximate surface area is 196 Å². The van der Waals surface area contributed by atoms with Crippen molar-refractivity contribution in [2.45, 2.75) is 26.2 Å². The first-order valence-corrected chi connectivity index (χ1v) is 11.1. The Bertz CT molecular complexity index is 1300. The third-order valence-electron chi connectivity index (χ3n) is 5.27. The molecule has 0 spiro atoms. The van der Waals surface area contributed by atoms with E-state index in [0.29, 0.717) is 28.1 Å². The van der Waals surface area contributed by atoms with Crippen LogP contribution in [-0.2, 0) is 0 Å². The number of aromatic nitrogens is 1. The minimum atomic E-state index is -0.336. The molecule has 5 nitrogen and oxygen atoms in total. The van der Waals surface area contributed by atoms with E-state index in [0.717, 1.165) is 23.1 Å². The Hall–Kier alpha value is -3.22. The van der Waals surface area contributed by atoms with Gasteiger partial charge in [0.2, 0.25) is 5.89 Å². The highest BCUT2D eigenvalue weighted by Crippen LogP contribution is 2.29. The molecule has 0 unspecified atom stereocenters. The van der Waals surface area contributed by atoms with Gasteiger partial charge in [-0.3, -0.25) is 10.1 Å². The number of thiocarbonyl (C=S) groups is 1. The molecule has 1 amide bonds. The summed E-state index contributed by atoms with van der Waals surface area (Å²) in [5.74, 6) is 0.659. The lowest BCUT2D eigenvalue weighted by Crippen LogP contribution is -2.34. The molecule has 0 aliphatic rings. The van der Waals surface area contributed by atoms with Crippen molar-refractivity contribution in [2.75, 3.05) is 5.32 Å². The highest BCUT2D eigenvalue weighted by molar-refractivity contribution is 7.80. The average Bonchev–Trinajstić information content (AvgIpc) is 3.22. The van der Waals surface area contributed by atoms with Gasteiger partial charge in [-0.2, -0.15) is 0 Å². The zero-order valence-corrected chi connectivity index (χ0v) is 19.3. The van der Waals surface area contributed by atoms with Gasteiger partial charge in [-0.05, 0) is 78.7 Å². The van der Waals surface area contributed by atoms with Crippen molar-refractivity contribution < 1.29 is 9.21 Å². The molecule has 0 aliphatic carbocycles. The second-order valence-electron chi connectivity index (χ2n) is 7.55. The number of nitrogens with one attached hydrogen (secondary N) is 2. The molecule has 4 rings (SSSR count). The number of fused-ring (bicyclic) bond motifs is 1. The number of nitrogens with zero attached hydrogens (tertiary/aromatic N) is 1. The maximum atomic E-state index is 12.4. The molecular weight excluding hydrogens is 442 g/mol. The van der Waals surface area contributed by atoms with E-state index in [1.165, 1.54) is 5.56 Å². The number of carbonyl (C=O) groups excluding carboxylic acids is 1. The lowest BCUT2D eigenvalue weighted by Gasteiger charge is -2.10. The molecule has 162 valence electrons. The van der Waals surface area contributed by atoms with Gasteiger partial charge in [-0.1, -0.05) is 43.6 Å². The fraction of sp³-hybridized carbons (Fsp3) is 0.160. The largest absolute Gasteiger partial charge is 0.436 e. The quantitative estimate of drug-likeness (QED) is 0.319. The Morgan fingerprint density at radius 3 is 2.72 bits per heavy atom. The summed E-state index contributed by atoms with van der Waals surface area (Å²) < 4.78 is 5.96. The minimum Gasteiger partial charge on any atom is -0.436 e. The molecule has 32 heavy (non-hydrogen) atoms. The molecule has 0 saturated heterocycles. The lowest BCUT2D eigenvalue weighted by atomic mass is 9.98. The first-order valence-electron chi connectivity index (χ1n) is 10.3. The van der Waals surface area contributed by atoms with E-state index in [9.17, 15) is 4.79 Å². The van der Waals surface area contributed by atoms with Gasteiger partial charge in [-0.15, -0.1) is 0 Å². The van der Waals surface area contributed by atoms with Crippen LogP contribution in [0, 0.1) is 0 Å². The molecule has 2 N–H and O–H groups in total. The Morgan fingerprint density at radius 1 is 1.12 bits per heavy atom. The fourth-order valence-corrected chi connectivity index (χ4v) is 3.71. The van der Waals surface area contributed by atoms with E-state index in [4.69, 9.17) is 28.2 Å². The minimum absolute atomic E-state index is 0.183. The highest BCUT2D eigenvalue weighted by Gasteiger charge is 2.13. The van der Waals surface area contributed by atoms with Gasteiger partial charge in [0.25, 0.3) is 5.91 Å². The van der Waals surface area contributed by atoms with Crippen LogP contribution in [0.15, 0.2) is 71.1 Å². The van der Waals surface area contributed by atoms with E-state index >= 15 is 0 Å². The van der Waals surface area contributed by atoms with Gasteiger partial charge in [0.15, 0.2) is 10.7 Å². The Balaban J connectivity index is 1.49. The van der Waals surface area contributed by atoms with Crippen molar-refractivity contribution in [3.63, 3.8) is 0 Å². The zero-order chi connectivity index (χ0) is 22.7. The number of oxazole rings is 1. The third-order valence-corrected chi connectivity index (χ3v) is 5.71. The number of hydrogen-bond acceptors (Lipinski definition) is 4. The van der Waals surface area contributed by atoms with Crippen LogP contribution in [0.5, 0.6) is 0 Å². The maximum Gasteiger partial charge on any atom is 0.257 e. The second-order valence-corrected chi connectivity index (χ2v) is 8.40. The molecular formula is C25H22ClN3O2S. The van der Waals surface area contributed by atoms with Crippen LogP contribution in [0.4, 0.5) is 5.69 Å². The number of halogens is 1. The van der Waals surface area contributed by atoms with Crippen molar-refractivity contribution in [1.82, 2.24) is 10.3 Å². The summed E-state index contributed by atoms with van der Waals surface area (Å²) in [5.41, 5.74) is 4.77. The smallest absolute Gasteiger partial charge is 0.257 e. The number of hydrogen-bond donors (Lipinski definition) is 2. The van der Waals surface area contributed by atoms with Gasteiger partial charge < -0.3 is 9.73 Å². The van der Waals surface area contributed by atoms with Crippen LogP contribution in [0.1, 0.15) is 42.1 Å². The number of carbonyl (C=O) groups is 1. The second kappa shape index (κ2) is 9.51. The topological polar surface area (TPSA) is 67.2 Å². The SMILES string of the molecule is CC[C@@H](C)c1ccc2oc(-c3cccc(NC(=S)NC(=O)c4cccc(Cl)c4)c3)nc2c1. The number of benzene rings is 3. The fourth-order valence-electron chi connectivity index (χ4n) is 3.31. The molecule has 0 radical (unpaired) electrons. The lowest BCUT2D eigenvalue weighted by molar-refractivity contribution is 0.0977. The molecule has 0 bridgehead atoms.